The van der Waals surface area contributed by atoms with Crippen molar-refractivity contribution in [2.45, 2.75) is 59.3 Å². The molecule has 0 fully saturated rings. The molecule has 0 unspecified atom stereocenters. The minimum absolute atomic E-state index is 0. The Hall–Kier alpha value is 0.949. The molecule has 0 saturated heterocycles. The first-order chi connectivity index (χ1) is 6.35. The first-order valence-corrected chi connectivity index (χ1v) is 7.97. The average molecular weight is 281 g/mol. The van der Waals surface area contributed by atoms with Crippen molar-refractivity contribution < 1.29 is 0 Å². The fourth-order valence-electron chi connectivity index (χ4n) is 1.48. The second kappa shape index (κ2) is 13.9. The molecule has 0 amide bonds. The second-order valence-corrected chi connectivity index (χ2v) is 6.59. The molecule has 0 aliphatic heterocycles. The number of hydrogen-bond donors (Lipinski definition) is 0. The van der Waals surface area contributed by atoms with Crippen molar-refractivity contribution in [2.24, 2.45) is 0 Å². The van der Waals surface area contributed by atoms with E-state index in [-0.39, 0.29) is 17.1 Å². The van der Waals surface area contributed by atoms with Crippen molar-refractivity contribution in [1.29, 1.82) is 0 Å². The molecular weight excluding hydrogens is 254 g/mol. The van der Waals surface area contributed by atoms with Gasteiger partial charge < -0.3 is 0 Å². The standard InChI is InChI=1S/C12H27P.Se/c1-4-7-10-13(11-8-5-2)12-9-6-3;/h4-12H2,1-3H3;. The van der Waals surface area contributed by atoms with Crippen molar-refractivity contribution in [1.82, 2.24) is 0 Å². The van der Waals surface area contributed by atoms with Crippen molar-refractivity contribution in [3.63, 3.8) is 0 Å². The summed E-state index contributed by atoms with van der Waals surface area (Å²) in [6, 6.07) is 0. The molecule has 0 atom stereocenters. The molecule has 0 bridgehead atoms. The van der Waals surface area contributed by atoms with Gasteiger partial charge in [-0.1, -0.05) is 40.0 Å². The summed E-state index contributed by atoms with van der Waals surface area (Å²) in [5, 5.41) is 0. The van der Waals surface area contributed by atoms with Crippen LogP contribution in [0.3, 0.4) is 0 Å². The number of unbranched alkanes of at least 4 members (excludes halogenated alkanes) is 3. The van der Waals surface area contributed by atoms with E-state index in [2.05, 4.69) is 20.8 Å². The Morgan fingerprint density at radius 2 is 0.929 bits per heavy atom. The maximum atomic E-state index is 2.31. The first-order valence-electron chi connectivity index (χ1n) is 6.07. The van der Waals surface area contributed by atoms with Gasteiger partial charge in [-0.15, -0.1) is 7.92 Å². The van der Waals surface area contributed by atoms with E-state index in [9.17, 15) is 0 Å². The zero-order chi connectivity index (χ0) is 9.94. The Kier molecular flexibility index (Phi) is 17.3. The molecule has 86 valence electrons. The summed E-state index contributed by atoms with van der Waals surface area (Å²) in [6.45, 7) is 6.94. The molecule has 0 N–H and O–H groups in total. The molecular formula is C12H27PSe. The molecule has 0 nitrogen and oxygen atoms in total. The Morgan fingerprint density at radius 1 is 0.643 bits per heavy atom. The van der Waals surface area contributed by atoms with Crippen molar-refractivity contribution in [3.8, 4) is 0 Å². The van der Waals surface area contributed by atoms with Gasteiger partial charge in [0, 0.05) is 17.1 Å². The van der Waals surface area contributed by atoms with Gasteiger partial charge in [0.2, 0.25) is 0 Å². The summed E-state index contributed by atoms with van der Waals surface area (Å²) in [5.41, 5.74) is 0. The third kappa shape index (κ3) is 11.0. The van der Waals surface area contributed by atoms with Gasteiger partial charge in [-0.3, -0.25) is 0 Å². The summed E-state index contributed by atoms with van der Waals surface area (Å²) in [4.78, 5) is 0. The predicted octanol–water partition coefficient (Wildman–Crippen LogP) is 4.49. The quantitative estimate of drug-likeness (QED) is 0.431. The Morgan fingerprint density at radius 3 is 1.14 bits per heavy atom. The van der Waals surface area contributed by atoms with Crippen LogP contribution in [0.25, 0.3) is 0 Å². The number of rotatable bonds is 9. The maximum absolute atomic E-state index is 2.31. The molecule has 0 aliphatic rings. The molecule has 2 heteroatoms. The molecule has 2 radical (unpaired) electrons. The minimum Gasteiger partial charge on any atom is -0.107 e. The summed E-state index contributed by atoms with van der Waals surface area (Å²) in [6.07, 6.45) is 13.2. The van der Waals surface area contributed by atoms with E-state index in [1.165, 1.54) is 38.5 Å². The molecule has 0 aromatic heterocycles. The van der Waals surface area contributed by atoms with Gasteiger partial charge in [-0.05, 0) is 37.7 Å². The van der Waals surface area contributed by atoms with Crippen LogP contribution in [-0.2, 0) is 0 Å². The average Bonchev–Trinajstić information content (AvgIpc) is 2.17. The van der Waals surface area contributed by atoms with Gasteiger partial charge in [-0.25, -0.2) is 0 Å². The predicted molar refractivity (Wildman–Crippen MR) is 72.0 cm³/mol. The van der Waals surface area contributed by atoms with Crippen molar-refractivity contribution in [2.75, 3.05) is 18.5 Å². The minimum atomic E-state index is 0. The summed E-state index contributed by atoms with van der Waals surface area (Å²) < 4.78 is 0. The topological polar surface area (TPSA) is 0 Å². The van der Waals surface area contributed by atoms with Crippen LogP contribution in [0.4, 0.5) is 0 Å². The SMILES string of the molecule is CCCCP(CCCC)CCCC.[Se]. The first kappa shape index (κ1) is 17.3. The Labute approximate surface area is 103 Å². The van der Waals surface area contributed by atoms with Crippen LogP contribution in [-0.4, -0.2) is 35.6 Å². The fourth-order valence-corrected chi connectivity index (χ4v) is 4.44. The van der Waals surface area contributed by atoms with Gasteiger partial charge in [0.25, 0.3) is 0 Å². The van der Waals surface area contributed by atoms with Gasteiger partial charge in [0.15, 0.2) is 0 Å². The van der Waals surface area contributed by atoms with Gasteiger partial charge in [0.05, 0.1) is 0 Å². The van der Waals surface area contributed by atoms with E-state index < -0.39 is 0 Å². The van der Waals surface area contributed by atoms with Crippen LogP contribution in [0.1, 0.15) is 59.3 Å². The number of hydrogen-bond acceptors (Lipinski definition) is 0. The molecule has 0 aliphatic carbocycles. The Bertz CT molecular complexity index is 77.3. The monoisotopic (exact) mass is 282 g/mol. The molecule has 0 saturated carbocycles. The molecule has 0 aromatic rings. The smallest absolute Gasteiger partial charge is 0 e. The van der Waals surface area contributed by atoms with E-state index in [0.29, 0.717) is 7.92 Å². The molecule has 0 rings (SSSR count). The zero-order valence-electron chi connectivity index (χ0n) is 10.2. The van der Waals surface area contributed by atoms with Crippen LogP contribution in [0.2, 0.25) is 0 Å². The second-order valence-electron chi connectivity index (χ2n) is 3.90. The third-order valence-corrected chi connectivity index (χ3v) is 5.33. The van der Waals surface area contributed by atoms with Crippen LogP contribution in [0.5, 0.6) is 0 Å². The van der Waals surface area contributed by atoms with Gasteiger partial charge in [-0.2, -0.15) is 0 Å². The maximum Gasteiger partial charge on any atom is 0 e. The van der Waals surface area contributed by atoms with Crippen LogP contribution in [0.15, 0.2) is 0 Å². The normalized spacial score (nSPS) is 10.3. The molecule has 0 heterocycles. The molecule has 0 aromatic carbocycles. The summed E-state index contributed by atoms with van der Waals surface area (Å²) in [5.74, 6) is 0. The van der Waals surface area contributed by atoms with Crippen molar-refractivity contribution in [3.05, 3.63) is 0 Å². The molecule has 14 heavy (non-hydrogen) atoms. The molecule has 0 spiro atoms. The van der Waals surface area contributed by atoms with E-state index in [0.717, 1.165) is 0 Å². The zero-order valence-corrected chi connectivity index (χ0v) is 12.8. The van der Waals surface area contributed by atoms with Gasteiger partial charge in [0.1, 0.15) is 0 Å². The van der Waals surface area contributed by atoms with E-state index in [1.807, 2.05) is 0 Å². The largest absolute Gasteiger partial charge is 0.107 e. The summed E-state index contributed by atoms with van der Waals surface area (Å²) >= 11 is 0. The van der Waals surface area contributed by atoms with E-state index in [4.69, 9.17) is 0 Å². The van der Waals surface area contributed by atoms with Crippen LogP contribution >= 0.6 is 7.92 Å². The van der Waals surface area contributed by atoms with E-state index in [1.54, 1.807) is 18.5 Å². The van der Waals surface area contributed by atoms with Crippen LogP contribution in [0, 0.1) is 0 Å². The summed E-state index contributed by atoms with van der Waals surface area (Å²) in [7, 11) is 0.422. The third-order valence-electron chi connectivity index (χ3n) is 2.48. The fraction of sp³-hybridized carbons (Fsp3) is 1.00. The van der Waals surface area contributed by atoms with Crippen LogP contribution < -0.4 is 0 Å². The van der Waals surface area contributed by atoms with E-state index >= 15 is 0 Å². The van der Waals surface area contributed by atoms with Crippen molar-refractivity contribution >= 4 is 25.0 Å². The Balaban J connectivity index is 0. The van der Waals surface area contributed by atoms with Gasteiger partial charge >= 0.3 is 0 Å².